The predicted octanol–water partition coefficient (Wildman–Crippen LogP) is 4.45. The molecule has 1 aromatic carbocycles. The fraction of sp³-hybridized carbons (Fsp3) is 0.105. The molecule has 0 aliphatic carbocycles. The van der Waals surface area contributed by atoms with Gasteiger partial charge in [0.1, 0.15) is 5.82 Å². The Balaban J connectivity index is 1.66. The second-order valence-corrected chi connectivity index (χ2v) is 5.78. The predicted molar refractivity (Wildman–Crippen MR) is 93.7 cm³/mol. The molecule has 1 N–H and O–H groups in total. The zero-order valence-corrected chi connectivity index (χ0v) is 13.9. The van der Waals surface area contributed by atoms with Crippen molar-refractivity contribution < 1.29 is 13.3 Å². The number of aryl methyl sites for hydroxylation is 1. The van der Waals surface area contributed by atoms with Crippen LogP contribution in [0, 0.1) is 12.7 Å². The van der Waals surface area contributed by atoms with Gasteiger partial charge < -0.3 is 14.3 Å². The molecule has 0 aliphatic heterocycles. The molecular weight excluding hydrogens is 335 g/mol. The Kier molecular flexibility index (Phi) is 4.18. The summed E-state index contributed by atoms with van der Waals surface area (Å²) in [5, 5.41) is 7.03. The Bertz CT molecular complexity index is 1030. The van der Waals surface area contributed by atoms with Crippen LogP contribution in [-0.2, 0) is 6.54 Å². The number of hydrogen-bond acceptors (Lipinski definition) is 6. The molecule has 0 unspecified atom stereocenters. The van der Waals surface area contributed by atoms with Gasteiger partial charge in [-0.15, -0.1) is 0 Å². The summed E-state index contributed by atoms with van der Waals surface area (Å²) in [7, 11) is 0. The van der Waals surface area contributed by atoms with Gasteiger partial charge >= 0.3 is 0 Å². The average Bonchev–Trinajstić information content (AvgIpc) is 3.31. The van der Waals surface area contributed by atoms with E-state index in [0.29, 0.717) is 29.5 Å². The van der Waals surface area contributed by atoms with Crippen LogP contribution in [0.2, 0.25) is 0 Å². The van der Waals surface area contributed by atoms with Crippen LogP contribution in [0.3, 0.4) is 0 Å². The van der Waals surface area contributed by atoms with Crippen molar-refractivity contribution in [3.8, 4) is 22.6 Å². The fourth-order valence-corrected chi connectivity index (χ4v) is 2.59. The lowest BCUT2D eigenvalue weighted by Gasteiger charge is -2.09. The third-order valence-corrected chi connectivity index (χ3v) is 3.82. The van der Waals surface area contributed by atoms with Crippen molar-refractivity contribution in [2.24, 2.45) is 0 Å². The summed E-state index contributed by atoms with van der Waals surface area (Å²) in [6.07, 6.45) is 4.85. The van der Waals surface area contributed by atoms with Gasteiger partial charge in [0.25, 0.3) is 0 Å². The van der Waals surface area contributed by atoms with Gasteiger partial charge in [-0.25, -0.2) is 14.4 Å². The van der Waals surface area contributed by atoms with Crippen molar-refractivity contribution >= 4 is 5.95 Å². The molecule has 3 aromatic heterocycles. The van der Waals surface area contributed by atoms with Crippen LogP contribution >= 0.6 is 0 Å². The van der Waals surface area contributed by atoms with Gasteiger partial charge in [-0.2, -0.15) is 0 Å². The summed E-state index contributed by atoms with van der Waals surface area (Å²) >= 11 is 0. The lowest BCUT2D eigenvalue weighted by atomic mass is 10.1. The lowest BCUT2D eigenvalue weighted by molar-refractivity contribution is 0.427. The van der Waals surface area contributed by atoms with Gasteiger partial charge in [0.15, 0.2) is 5.76 Å². The Hall–Kier alpha value is -3.48. The van der Waals surface area contributed by atoms with Crippen molar-refractivity contribution in [3.63, 3.8) is 0 Å². The highest BCUT2D eigenvalue weighted by Gasteiger charge is 2.16. The second-order valence-electron chi connectivity index (χ2n) is 5.78. The van der Waals surface area contributed by atoms with E-state index in [0.717, 1.165) is 16.8 Å². The zero-order chi connectivity index (χ0) is 17.9. The van der Waals surface area contributed by atoms with E-state index in [4.69, 9.17) is 8.94 Å². The SMILES string of the molecule is Cc1cc(-c2cnc(NCc3cccc(F)c3)nc2-c2ccoc2)on1. The highest BCUT2D eigenvalue weighted by atomic mass is 19.1. The van der Waals surface area contributed by atoms with E-state index in [1.54, 1.807) is 24.8 Å². The monoisotopic (exact) mass is 350 g/mol. The van der Waals surface area contributed by atoms with Gasteiger partial charge in [0.05, 0.1) is 29.5 Å². The van der Waals surface area contributed by atoms with Gasteiger partial charge in [-0.1, -0.05) is 17.3 Å². The molecule has 0 fully saturated rings. The largest absolute Gasteiger partial charge is 0.472 e. The fourth-order valence-electron chi connectivity index (χ4n) is 2.59. The molecule has 0 saturated heterocycles. The number of aromatic nitrogens is 3. The number of furan rings is 1. The minimum atomic E-state index is -0.277. The Morgan fingerprint density at radius 2 is 2.12 bits per heavy atom. The zero-order valence-electron chi connectivity index (χ0n) is 13.9. The number of nitrogens with zero attached hydrogens (tertiary/aromatic N) is 3. The number of benzene rings is 1. The van der Waals surface area contributed by atoms with E-state index in [1.165, 1.54) is 12.1 Å². The van der Waals surface area contributed by atoms with Crippen molar-refractivity contribution in [2.75, 3.05) is 5.32 Å². The van der Waals surface area contributed by atoms with E-state index in [2.05, 4.69) is 20.4 Å². The first kappa shape index (κ1) is 16.0. The van der Waals surface area contributed by atoms with E-state index >= 15 is 0 Å². The molecular formula is C19H15FN4O2. The minimum absolute atomic E-state index is 0.277. The van der Waals surface area contributed by atoms with Gasteiger partial charge in [-0.3, -0.25) is 0 Å². The van der Waals surface area contributed by atoms with Crippen molar-refractivity contribution in [1.29, 1.82) is 0 Å². The number of anilines is 1. The highest BCUT2D eigenvalue weighted by Crippen LogP contribution is 2.31. The molecule has 0 amide bonds. The Morgan fingerprint density at radius 3 is 2.85 bits per heavy atom. The summed E-state index contributed by atoms with van der Waals surface area (Å²) in [6.45, 7) is 2.25. The summed E-state index contributed by atoms with van der Waals surface area (Å²) in [5.41, 5.74) is 3.74. The van der Waals surface area contributed by atoms with Gasteiger partial charge in [0.2, 0.25) is 5.95 Å². The third-order valence-electron chi connectivity index (χ3n) is 3.82. The van der Waals surface area contributed by atoms with Crippen molar-refractivity contribution in [1.82, 2.24) is 15.1 Å². The molecule has 0 radical (unpaired) electrons. The molecule has 0 saturated carbocycles. The number of rotatable bonds is 5. The van der Waals surface area contributed by atoms with Crippen LogP contribution in [-0.4, -0.2) is 15.1 Å². The van der Waals surface area contributed by atoms with Gasteiger partial charge in [-0.05, 0) is 30.7 Å². The second kappa shape index (κ2) is 6.79. The average molecular weight is 350 g/mol. The summed E-state index contributed by atoms with van der Waals surface area (Å²) in [6, 6.07) is 10.0. The number of halogens is 1. The van der Waals surface area contributed by atoms with Crippen LogP contribution < -0.4 is 5.32 Å². The molecule has 4 aromatic rings. The first-order chi connectivity index (χ1) is 12.7. The molecule has 0 spiro atoms. The molecule has 3 heterocycles. The molecule has 26 heavy (non-hydrogen) atoms. The normalized spacial score (nSPS) is 10.8. The Labute approximate surface area is 148 Å². The smallest absolute Gasteiger partial charge is 0.223 e. The van der Waals surface area contributed by atoms with E-state index < -0.39 is 0 Å². The standard InChI is InChI=1S/C19H15FN4O2/c1-12-7-17(26-24-12)16-10-22-19(23-18(16)14-5-6-25-11-14)21-9-13-3-2-4-15(20)8-13/h2-8,10-11H,9H2,1H3,(H,21,22,23). The molecule has 0 aliphatic rings. The van der Waals surface area contributed by atoms with Crippen LogP contribution in [0.25, 0.3) is 22.6 Å². The molecule has 0 bridgehead atoms. The first-order valence-corrected chi connectivity index (χ1v) is 8.00. The van der Waals surface area contributed by atoms with Crippen LogP contribution in [0.1, 0.15) is 11.3 Å². The quantitative estimate of drug-likeness (QED) is 0.573. The maximum Gasteiger partial charge on any atom is 0.223 e. The number of nitrogens with one attached hydrogen (secondary N) is 1. The van der Waals surface area contributed by atoms with Crippen molar-refractivity contribution in [3.05, 3.63) is 72.2 Å². The topological polar surface area (TPSA) is 77.0 Å². The maximum absolute atomic E-state index is 13.3. The van der Waals surface area contributed by atoms with E-state index in [1.807, 2.05) is 25.1 Å². The third kappa shape index (κ3) is 3.32. The van der Waals surface area contributed by atoms with Gasteiger partial charge in [0, 0.05) is 24.4 Å². The van der Waals surface area contributed by atoms with Crippen molar-refractivity contribution in [2.45, 2.75) is 13.5 Å². The minimum Gasteiger partial charge on any atom is -0.472 e. The molecule has 6 nitrogen and oxygen atoms in total. The van der Waals surface area contributed by atoms with Crippen LogP contribution in [0.4, 0.5) is 10.3 Å². The molecule has 130 valence electrons. The van der Waals surface area contributed by atoms with Crippen LogP contribution in [0.5, 0.6) is 0 Å². The molecule has 0 atom stereocenters. The maximum atomic E-state index is 13.3. The lowest BCUT2D eigenvalue weighted by Crippen LogP contribution is -2.05. The Morgan fingerprint density at radius 1 is 1.19 bits per heavy atom. The molecule has 7 heteroatoms. The summed E-state index contributed by atoms with van der Waals surface area (Å²) < 4.78 is 23.8. The molecule has 4 rings (SSSR count). The van der Waals surface area contributed by atoms with Crippen LogP contribution in [0.15, 0.2) is 64.1 Å². The van der Waals surface area contributed by atoms with E-state index in [-0.39, 0.29) is 5.82 Å². The summed E-state index contributed by atoms with van der Waals surface area (Å²) in [4.78, 5) is 8.91. The highest BCUT2D eigenvalue weighted by molar-refractivity contribution is 5.77. The summed E-state index contributed by atoms with van der Waals surface area (Å²) in [5.74, 6) is 0.723. The first-order valence-electron chi connectivity index (χ1n) is 8.00. The van der Waals surface area contributed by atoms with E-state index in [9.17, 15) is 4.39 Å². The number of hydrogen-bond donors (Lipinski definition) is 1.